The number of hydrogen-bond acceptors (Lipinski definition) is 3. The molecule has 116 valence electrons. The zero-order valence-corrected chi connectivity index (χ0v) is 12.2. The Morgan fingerprint density at radius 1 is 1.38 bits per heavy atom. The normalized spacial score (nSPS) is 25.3. The first-order valence-corrected chi connectivity index (χ1v) is 7.01. The molecule has 1 aromatic rings. The number of ether oxygens (including phenoxy) is 1. The topological polar surface area (TPSA) is 64.3 Å². The van der Waals surface area contributed by atoms with Gasteiger partial charge in [-0.25, -0.2) is 8.78 Å². The summed E-state index contributed by atoms with van der Waals surface area (Å²) in [5.41, 5.74) is 4.69. The quantitative estimate of drug-likeness (QED) is 0.875. The number of amides is 1. The van der Waals surface area contributed by atoms with Gasteiger partial charge in [-0.1, -0.05) is 0 Å². The maximum Gasteiger partial charge on any atom is 0.237 e. The van der Waals surface area contributed by atoms with Gasteiger partial charge < -0.3 is 15.8 Å². The van der Waals surface area contributed by atoms with Crippen molar-refractivity contribution in [3.8, 4) is 5.75 Å². The number of nitrogens with one attached hydrogen (secondary N) is 1. The van der Waals surface area contributed by atoms with Gasteiger partial charge in [-0.2, -0.15) is 0 Å². The van der Waals surface area contributed by atoms with E-state index in [0.29, 0.717) is 19.3 Å². The first-order valence-electron chi connectivity index (χ1n) is 7.01. The molecule has 0 saturated heterocycles. The van der Waals surface area contributed by atoms with Crippen LogP contribution in [0.3, 0.4) is 0 Å². The second kappa shape index (κ2) is 5.97. The molecule has 0 radical (unpaired) electrons. The molecule has 1 fully saturated rings. The molecule has 1 saturated carbocycles. The van der Waals surface area contributed by atoms with Crippen LogP contribution >= 0.6 is 0 Å². The highest BCUT2D eigenvalue weighted by Gasteiger charge is 2.45. The van der Waals surface area contributed by atoms with Crippen LogP contribution in [-0.4, -0.2) is 23.6 Å². The van der Waals surface area contributed by atoms with E-state index < -0.39 is 23.1 Å². The smallest absolute Gasteiger partial charge is 0.237 e. The van der Waals surface area contributed by atoms with E-state index in [-0.39, 0.29) is 17.9 Å². The predicted molar refractivity (Wildman–Crippen MR) is 74.8 cm³/mol. The molecule has 2 atom stereocenters. The number of rotatable bonds is 5. The number of halogens is 2. The summed E-state index contributed by atoms with van der Waals surface area (Å²) in [7, 11) is 0. The first kappa shape index (κ1) is 15.7. The van der Waals surface area contributed by atoms with Gasteiger partial charge in [0.2, 0.25) is 5.91 Å². The van der Waals surface area contributed by atoms with Gasteiger partial charge in [-0.3, -0.25) is 4.79 Å². The van der Waals surface area contributed by atoms with Gasteiger partial charge in [-0.15, -0.1) is 0 Å². The van der Waals surface area contributed by atoms with Crippen molar-refractivity contribution >= 4 is 5.91 Å². The summed E-state index contributed by atoms with van der Waals surface area (Å²) < 4.78 is 31.9. The Morgan fingerprint density at radius 2 is 2.00 bits per heavy atom. The highest BCUT2D eigenvalue weighted by atomic mass is 19.1. The van der Waals surface area contributed by atoms with Crippen LogP contribution in [0.5, 0.6) is 5.75 Å². The third kappa shape index (κ3) is 3.69. The zero-order valence-electron chi connectivity index (χ0n) is 12.2. The molecule has 0 heterocycles. The number of nitrogens with two attached hydrogens (primary N) is 1. The van der Waals surface area contributed by atoms with Gasteiger partial charge in [0.25, 0.3) is 0 Å². The van der Waals surface area contributed by atoms with Crippen molar-refractivity contribution in [3.05, 3.63) is 29.8 Å². The van der Waals surface area contributed by atoms with Crippen LogP contribution in [0, 0.1) is 11.6 Å². The molecule has 2 rings (SSSR count). The van der Waals surface area contributed by atoms with Gasteiger partial charge in [-0.05, 0) is 26.7 Å². The lowest BCUT2D eigenvalue weighted by Gasteiger charge is -2.29. The van der Waals surface area contributed by atoms with Crippen molar-refractivity contribution < 1.29 is 18.3 Å². The zero-order chi connectivity index (χ0) is 15.6. The van der Waals surface area contributed by atoms with E-state index in [2.05, 4.69) is 5.32 Å². The van der Waals surface area contributed by atoms with E-state index in [9.17, 15) is 13.6 Å². The summed E-state index contributed by atoms with van der Waals surface area (Å²) in [5.74, 6) is -1.68. The summed E-state index contributed by atoms with van der Waals surface area (Å²) in [6.07, 6.45) is 1.23. The van der Waals surface area contributed by atoms with Crippen LogP contribution in [0.15, 0.2) is 18.2 Å². The standard InChI is InChI=1S/C15H20F2N2O2/c1-9(2)19-15(14(18)20)4-3-12(8-15)21-13-6-10(16)5-11(17)7-13/h5-7,9,12,19H,3-4,8H2,1-2H3,(H2,18,20). The van der Waals surface area contributed by atoms with Gasteiger partial charge in [0.15, 0.2) is 0 Å². The Hall–Kier alpha value is -1.69. The minimum absolute atomic E-state index is 0.0999. The maximum atomic E-state index is 13.1. The molecule has 21 heavy (non-hydrogen) atoms. The van der Waals surface area contributed by atoms with Gasteiger partial charge >= 0.3 is 0 Å². The molecule has 2 unspecified atom stereocenters. The lowest BCUT2D eigenvalue weighted by atomic mass is 9.95. The van der Waals surface area contributed by atoms with Crippen molar-refractivity contribution in [1.29, 1.82) is 0 Å². The summed E-state index contributed by atoms with van der Waals surface area (Å²) >= 11 is 0. The van der Waals surface area contributed by atoms with Crippen molar-refractivity contribution in [2.24, 2.45) is 5.73 Å². The highest BCUT2D eigenvalue weighted by Crippen LogP contribution is 2.33. The summed E-state index contributed by atoms with van der Waals surface area (Å²) in [6.45, 7) is 3.86. The summed E-state index contributed by atoms with van der Waals surface area (Å²) in [4.78, 5) is 11.7. The van der Waals surface area contributed by atoms with Crippen molar-refractivity contribution in [3.63, 3.8) is 0 Å². The molecule has 1 amide bonds. The largest absolute Gasteiger partial charge is 0.490 e. The third-order valence-corrected chi connectivity index (χ3v) is 3.64. The second-order valence-corrected chi connectivity index (χ2v) is 5.83. The summed E-state index contributed by atoms with van der Waals surface area (Å²) in [5, 5.41) is 3.19. The SMILES string of the molecule is CC(C)NC1(C(N)=O)CCC(Oc2cc(F)cc(F)c2)C1. The summed E-state index contributed by atoms with van der Waals surface area (Å²) in [6, 6.07) is 3.14. The Bertz CT molecular complexity index is 516. The fourth-order valence-electron chi connectivity index (χ4n) is 2.87. The minimum atomic E-state index is -0.815. The van der Waals surface area contributed by atoms with Crippen molar-refractivity contribution in [2.45, 2.75) is 50.8 Å². The number of carbonyl (C=O) groups excluding carboxylic acids is 1. The van der Waals surface area contributed by atoms with Crippen LogP contribution in [-0.2, 0) is 4.79 Å². The van der Waals surface area contributed by atoms with E-state index in [1.54, 1.807) is 0 Å². The fourth-order valence-corrected chi connectivity index (χ4v) is 2.87. The van der Waals surface area contributed by atoms with E-state index in [1.807, 2.05) is 13.8 Å². The van der Waals surface area contributed by atoms with Crippen LogP contribution in [0.2, 0.25) is 0 Å². The molecule has 0 aromatic heterocycles. The lowest BCUT2D eigenvalue weighted by Crippen LogP contribution is -2.56. The Labute approximate surface area is 122 Å². The minimum Gasteiger partial charge on any atom is -0.490 e. The fraction of sp³-hybridized carbons (Fsp3) is 0.533. The molecule has 1 aliphatic carbocycles. The molecular formula is C15H20F2N2O2. The van der Waals surface area contributed by atoms with Gasteiger partial charge in [0, 0.05) is 30.7 Å². The molecule has 6 heteroatoms. The molecule has 0 spiro atoms. The third-order valence-electron chi connectivity index (χ3n) is 3.64. The van der Waals surface area contributed by atoms with Gasteiger partial charge in [0.1, 0.15) is 29.0 Å². The Kier molecular flexibility index (Phi) is 4.46. The molecule has 1 aliphatic rings. The van der Waals surface area contributed by atoms with E-state index in [4.69, 9.17) is 10.5 Å². The number of hydrogen-bond donors (Lipinski definition) is 2. The Morgan fingerprint density at radius 3 is 2.52 bits per heavy atom. The van der Waals surface area contributed by atoms with Crippen molar-refractivity contribution in [1.82, 2.24) is 5.32 Å². The number of benzene rings is 1. The Balaban J connectivity index is 2.08. The van der Waals surface area contributed by atoms with Gasteiger partial charge in [0.05, 0.1) is 0 Å². The monoisotopic (exact) mass is 298 g/mol. The second-order valence-electron chi connectivity index (χ2n) is 5.83. The average molecular weight is 298 g/mol. The molecule has 4 nitrogen and oxygen atoms in total. The van der Waals surface area contributed by atoms with E-state index in [1.165, 1.54) is 0 Å². The number of primary amides is 1. The maximum absolute atomic E-state index is 13.1. The van der Waals surface area contributed by atoms with Crippen LogP contribution in [0.1, 0.15) is 33.1 Å². The lowest BCUT2D eigenvalue weighted by molar-refractivity contribution is -0.124. The molecule has 1 aromatic carbocycles. The highest BCUT2D eigenvalue weighted by molar-refractivity contribution is 5.85. The molecule has 3 N–H and O–H groups in total. The van der Waals surface area contributed by atoms with Crippen LogP contribution < -0.4 is 15.8 Å². The molecular weight excluding hydrogens is 278 g/mol. The van der Waals surface area contributed by atoms with Crippen LogP contribution in [0.25, 0.3) is 0 Å². The molecule has 0 bridgehead atoms. The van der Waals surface area contributed by atoms with Crippen LogP contribution in [0.4, 0.5) is 8.78 Å². The first-order chi connectivity index (χ1) is 9.80. The van der Waals surface area contributed by atoms with Crippen molar-refractivity contribution in [2.75, 3.05) is 0 Å². The van der Waals surface area contributed by atoms with E-state index in [0.717, 1.165) is 18.2 Å². The predicted octanol–water partition coefficient (Wildman–Crippen LogP) is 2.12. The number of carbonyl (C=O) groups is 1. The van der Waals surface area contributed by atoms with E-state index >= 15 is 0 Å². The average Bonchev–Trinajstić information content (AvgIpc) is 2.71. The molecule has 0 aliphatic heterocycles.